The maximum Gasteiger partial charge on any atom is 0.511 e. The zero-order valence-electron chi connectivity index (χ0n) is 27.7. The molecule has 1 saturated carbocycles. The predicted molar refractivity (Wildman–Crippen MR) is 176 cm³/mol. The van der Waals surface area contributed by atoms with Crippen LogP contribution in [0.15, 0.2) is 48.5 Å². The molecular formula is C36H47N3O9. The molecule has 2 aromatic carbocycles. The molecule has 1 N–H and O–H groups in total. The van der Waals surface area contributed by atoms with Crippen molar-refractivity contribution in [3.05, 3.63) is 65.2 Å². The van der Waals surface area contributed by atoms with Crippen LogP contribution in [0.3, 0.4) is 0 Å². The van der Waals surface area contributed by atoms with Gasteiger partial charge in [0, 0.05) is 45.3 Å². The van der Waals surface area contributed by atoms with Crippen molar-refractivity contribution in [2.75, 3.05) is 38.1 Å². The zero-order valence-corrected chi connectivity index (χ0v) is 27.7. The van der Waals surface area contributed by atoms with E-state index >= 15 is 0 Å². The van der Waals surface area contributed by atoms with E-state index in [2.05, 4.69) is 10.2 Å². The molecule has 2 amide bonds. The minimum Gasteiger partial charge on any atom is -0.445 e. The number of amides is 2. The second-order valence-electron chi connectivity index (χ2n) is 12.6. The van der Waals surface area contributed by atoms with Crippen molar-refractivity contribution in [3.63, 3.8) is 0 Å². The number of esters is 1. The topological polar surface area (TPSA) is 133 Å². The summed E-state index contributed by atoms with van der Waals surface area (Å²) in [4.78, 5) is 53.4. The molecule has 1 aliphatic carbocycles. The van der Waals surface area contributed by atoms with Gasteiger partial charge in [-0.05, 0) is 73.8 Å². The van der Waals surface area contributed by atoms with Gasteiger partial charge in [-0.2, -0.15) is 0 Å². The lowest BCUT2D eigenvalue weighted by Crippen LogP contribution is -2.41. The van der Waals surface area contributed by atoms with E-state index in [0.29, 0.717) is 44.7 Å². The average Bonchev–Trinajstić information content (AvgIpc) is 3.09. The van der Waals surface area contributed by atoms with Crippen LogP contribution >= 0.6 is 0 Å². The quantitative estimate of drug-likeness (QED) is 0.174. The molecule has 2 fully saturated rings. The SMILES string of the molecule is CC(OC(=O)CCN1CCc2ccc(NC(=O)COC3CCN(C(=O)OCc4ccccc4)CC3)cc2C1)OC(=O)OC1CCCCC1. The fourth-order valence-electron chi connectivity index (χ4n) is 6.29. The molecule has 0 radical (unpaired) electrons. The van der Waals surface area contributed by atoms with E-state index in [9.17, 15) is 19.2 Å². The number of hydrogen-bond acceptors (Lipinski definition) is 10. The molecule has 12 heteroatoms. The van der Waals surface area contributed by atoms with E-state index in [4.69, 9.17) is 23.7 Å². The lowest BCUT2D eigenvalue weighted by atomic mass is 9.98. The van der Waals surface area contributed by atoms with Gasteiger partial charge in [0.25, 0.3) is 0 Å². The van der Waals surface area contributed by atoms with E-state index in [0.717, 1.165) is 56.2 Å². The van der Waals surface area contributed by atoms with Crippen molar-refractivity contribution >= 4 is 29.8 Å². The highest BCUT2D eigenvalue weighted by molar-refractivity contribution is 5.91. The second kappa shape index (κ2) is 17.8. The monoisotopic (exact) mass is 665 g/mol. The van der Waals surface area contributed by atoms with E-state index < -0.39 is 18.4 Å². The lowest BCUT2D eigenvalue weighted by Gasteiger charge is -2.31. The summed E-state index contributed by atoms with van der Waals surface area (Å²) >= 11 is 0. The summed E-state index contributed by atoms with van der Waals surface area (Å²) < 4.78 is 27.0. The van der Waals surface area contributed by atoms with E-state index in [1.165, 1.54) is 12.5 Å². The molecule has 3 aliphatic rings. The molecule has 0 aromatic heterocycles. The van der Waals surface area contributed by atoms with Gasteiger partial charge in [-0.1, -0.05) is 42.8 Å². The van der Waals surface area contributed by atoms with Gasteiger partial charge < -0.3 is 33.9 Å². The van der Waals surface area contributed by atoms with Crippen molar-refractivity contribution in [1.82, 2.24) is 9.80 Å². The molecule has 2 heterocycles. The fourth-order valence-corrected chi connectivity index (χ4v) is 6.29. The number of rotatable bonds is 12. The van der Waals surface area contributed by atoms with E-state index in [1.54, 1.807) is 4.90 Å². The minimum absolute atomic E-state index is 0.0745. The van der Waals surface area contributed by atoms with Crippen LogP contribution in [0, 0.1) is 0 Å². The van der Waals surface area contributed by atoms with Gasteiger partial charge >= 0.3 is 18.2 Å². The average molecular weight is 666 g/mol. The Morgan fingerprint density at radius 1 is 0.875 bits per heavy atom. The molecule has 1 atom stereocenters. The number of carbonyl (C=O) groups excluding carboxylic acids is 4. The third-order valence-electron chi connectivity index (χ3n) is 8.94. The summed E-state index contributed by atoms with van der Waals surface area (Å²) in [6.45, 7) is 4.62. The van der Waals surface area contributed by atoms with Crippen molar-refractivity contribution < 1.29 is 42.9 Å². The van der Waals surface area contributed by atoms with Crippen LogP contribution < -0.4 is 5.32 Å². The van der Waals surface area contributed by atoms with E-state index in [1.807, 2.05) is 48.5 Å². The summed E-state index contributed by atoms with van der Waals surface area (Å²) in [5, 5.41) is 2.93. The molecule has 0 spiro atoms. The molecule has 5 rings (SSSR count). The molecule has 48 heavy (non-hydrogen) atoms. The number of likely N-dealkylation sites (tertiary alicyclic amines) is 1. The lowest BCUT2D eigenvalue weighted by molar-refractivity contribution is -0.169. The van der Waals surface area contributed by atoms with Crippen LogP contribution in [0.5, 0.6) is 0 Å². The number of benzene rings is 2. The molecular weight excluding hydrogens is 618 g/mol. The standard InChI is InChI=1S/C36H47N3O9/c1-26(47-36(43)48-32-10-6-3-7-11-32)46-34(41)17-19-38-18-14-28-12-13-30(22-29(28)23-38)37-33(40)25-44-31-15-20-39(21-16-31)35(42)45-24-27-8-4-2-5-9-27/h2,4-5,8-9,12-13,22,26,31-32H,3,6-7,10-11,14-21,23-25H2,1H3,(H,37,40). The Morgan fingerprint density at radius 2 is 1.65 bits per heavy atom. The highest BCUT2D eigenvalue weighted by atomic mass is 16.8. The molecule has 2 aromatic rings. The van der Waals surface area contributed by atoms with Crippen molar-refractivity contribution in [2.45, 2.75) is 96.4 Å². The maximum absolute atomic E-state index is 12.7. The van der Waals surface area contributed by atoms with E-state index in [-0.39, 0.29) is 43.8 Å². The van der Waals surface area contributed by atoms with Crippen LogP contribution in [-0.4, -0.2) is 85.2 Å². The highest BCUT2D eigenvalue weighted by Crippen LogP contribution is 2.24. The molecule has 12 nitrogen and oxygen atoms in total. The number of piperidine rings is 1. The number of hydrogen-bond donors (Lipinski definition) is 1. The van der Waals surface area contributed by atoms with Crippen LogP contribution in [0.1, 0.15) is 75.0 Å². The Balaban J connectivity index is 0.966. The Morgan fingerprint density at radius 3 is 2.42 bits per heavy atom. The first-order valence-corrected chi connectivity index (χ1v) is 17.1. The van der Waals surface area contributed by atoms with Crippen molar-refractivity contribution in [1.29, 1.82) is 0 Å². The van der Waals surface area contributed by atoms with Gasteiger partial charge in [0.1, 0.15) is 19.3 Å². The maximum atomic E-state index is 12.7. The van der Waals surface area contributed by atoms with Crippen molar-refractivity contribution in [2.24, 2.45) is 0 Å². The van der Waals surface area contributed by atoms with Gasteiger partial charge in [0.2, 0.25) is 12.2 Å². The second-order valence-corrected chi connectivity index (χ2v) is 12.6. The normalized spacial score (nSPS) is 17.9. The number of nitrogens with zero attached hydrogens (tertiary/aromatic N) is 2. The number of nitrogens with one attached hydrogen (secondary N) is 1. The number of anilines is 1. The Hall–Kier alpha value is -4.16. The highest BCUT2D eigenvalue weighted by Gasteiger charge is 2.26. The van der Waals surface area contributed by atoms with Gasteiger partial charge in [-0.3, -0.25) is 14.5 Å². The summed E-state index contributed by atoms with van der Waals surface area (Å²) in [5.41, 5.74) is 3.92. The van der Waals surface area contributed by atoms with Crippen LogP contribution in [0.25, 0.3) is 0 Å². The first kappa shape index (κ1) is 35.2. The van der Waals surface area contributed by atoms with Gasteiger partial charge in [-0.15, -0.1) is 0 Å². The van der Waals surface area contributed by atoms with Crippen molar-refractivity contribution in [3.8, 4) is 0 Å². The number of ether oxygens (including phenoxy) is 5. The zero-order chi connectivity index (χ0) is 33.7. The fraction of sp³-hybridized carbons (Fsp3) is 0.556. The first-order valence-electron chi connectivity index (χ1n) is 17.1. The van der Waals surface area contributed by atoms with Crippen LogP contribution in [-0.2, 0) is 52.8 Å². The third kappa shape index (κ3) is 11.2. The van der Waals surface area contributed by atoms with Gasteiger partial charge in [-0.25, -0.2) is 9.59 Å². The van der Waals surface area contributed by atoms with Crippen LogP contribution in [0.4, 0.5) is 15.3 Å². The first-order chi connectivity index (χ1) is 23.3. The van der Waals surface area contributed by atoms with Gasteiger partial charge in [0.15, 0.2) is 0 Å². The minimum atomic E-state index is -1.02. The van der Waals surface area contributed by atoms with Gasteiger partial charge in [0.05, 0.1) is 12.5 Å². The predicted octanol–water partition coefficient (Wildman–Crippen LogP) is 5.57. The Kier molecular flexibility index (Phi) is 13.1. The third-order valence-corrected chi connectivity index (χ3v) is 8.94. The summed E-state index contributed by atoms with van der Waals surface area (Å²) in [7, 11) is 0. The molecule has 2 aliphatic heterocycles. The summed E-state index contributed by atoms with van der Waals surface area (Å²) in [5.74, 6) is -0.692. The summed E-state index contributed by atoms with van der Waals surface area (Å²) in [6, 6.07) is 15.4. The Labute approximate surface area is 282 Å². The van der Waals surface area contributed by atoms with Crippen LogP contribution in [0.2, 0.25) is 0 Å². The largest absolute Gasteiger partial charge is 0.511 e. The Bertz CT molecular complexity index is 1370. The molecule has 1 saturated heterocycles. The summed E-state index contributed by atoms with van der Waals surface area (Å²) in [6.07, 6.45) is 4.74. The smallest absolute Gasteiger partial charge is 0.445 e. The molecule has 1 unspecified atom stereocenters. The molecule has 0 bridgehead atoms. The number of fused-ring (bicyclic) bond motifs is 1. The molecule has 260 valence electrons. The number of carbonyl (C=O) groups is 4.